The van der Waals surface area contributed by atoms with Gasteiger partial charge in [-0.05, 0) is 101 Å². The van der Waals surface area contributed by atoms with Crippen LogP contribution in [0.25, 0.3) is 33.3 Å². The fourth-order valence-corrected chi connectivity index (χ4v) is 5.34. The predicted octanol–water partition coefficient (Wildman–Crippen LogP) is 7.24. The molecule has 0 unspecified atom stereocenters. The van der Waals surface area contributed by atoms with Crippen LogP contribution in [-0.4, -0.2) is 46.3 Å². The highest BCUT2D eigenvalue weighted by Gasteiger charge is 2.19. The molecule has 3 aromatic carbocycles. The molecule has 0 saturated carbocycles. The van der Waals surface area contributed by atoms with E-state index >= 15 is 0 Å². The number of aliphatic hydroxyl groups excluding tert-OH is 1. The summed E-state index contributed by atoms with van der Waals surface area (Å²) >= 11 is 0. The van der Waals surface area contributed by atoms with Crippen molar-refractivity contribution in [1.29, 1.82) is 0 Å². The summed E-state index contributed by atoms with van der Waals surface area (Å²) in [6, 6.07) is 21.1. The second-order valence-corrected chi connectivity index (χ2v) is 9.92. The van der Waals surface area contributed by atoms with E-state index < -0.39 is 0 Å². The number of aromatic nitrogens is 1. The highest BCUT2D eigenvalue weighted by molar-refractivity contribution is 6.04. The van der Waals surface area contributed by atoms with E-state index in [4.69, 9.17) is 5.11 Å². The minimum atomic E-state index is 0.269. The molecule has 0 aliphatic carbocycles. The molecule has 4 rings (SSSR count). The summed E-state index contributed by atoms with van der Waals surface area (Å²) in [5, 5.41) is 21.2. The second kappa shape index (κ2) is 12.2. The maximum Gasteiger partial charge on any atom is 0.119 e. The Balaban J connectivity index is 1.65. The van der Waals surface area contributed by atoms with E-state index in [2.05, 4.69) is 79.2 Å². The number of hydrogen-bond acceptors (Lipinski definition) is 3. The van der Waals surface area contributed by atoms with E-state index in [0.29, 0.717) is 5.75 Å². The summed E-state index contributed by atoms with van der Waals surface area (Å²) in [5.74, 6) is 0.374. The minimum absolute atomic E-state index is 0.269. The number of rotatable bonds is 12. The standard InChI is InChI=1S/C32H40N2O2/c1-4-34(18-9-10-19-35)17-8-7-12-26-27(14-11-16-30(26)36)31-28-13-5-6-15-29(28)33-32(31)25-21-23(2)20-24(3)22-25/h5-6,11,13-16,20-22,33,35-36H,4,7-10,12,17-19H2,1-3H3. The van der Waals surface area contributed by atoms with Gasteiger partial charge in [-0.25, -0.2) is 0 Å². The zero-order valence-corrected chi connectivity index (χ0v) is 22.0. The smallest absolute Gasteiger partial charge is 0.119 e. The number of aromatic amines is 1. The maximum absolute atomic E-state index is 11.0. The molecular formula is C32H40N2O2. The number of para-hydroxylation sites is 1. The zero-order chi connectivity index (χ0) is 25.5. The Morgan fingerprint density at radius 3 is 2.28 bits per heavy atom. The van der Waals surface area contributed by atoms with Crippen molar-refractivity contribution in [2.45, 2.75) is 52.9 Å². The Labute approximate surface area is 215 Å². The molecule has 0 radical (unpaired) electrons. The van der Waals surface area contributed by atoms with Gasteiger partial charge in [-0.3, -0.25) is 0 Å². The van der Waals surface area contributed by atoms with E-state index in [1.165, 1.54) is 27.6 Å². The summed E-state index contributed by atoms with van der Waals surface area (Å²) in [4.78, 5) is 6.15. The number of aliphatic hydroxyl groups is 1. The number of phenols is 1. The van der Waals surface area contributed by atoms with E-state index in [1.807, 2.05) is 12.1 Å². The highest BCUT2D eigenvalue weighted by Crippen LogP contribution is 2.42. The van der Waals surface area contributed by atoms with Gasteiger partial charge in [0.2, 0.25) is 0 Å². The van der Waals surface area contributed by atoms with Crippen molar-refractivity contribution in [1.82, 2.24) is 9.88 Å². The van der Waals surface area contributed by atoms with Crippen molar-refractivity contribution in [3.05, 3.63) is 77.4 Å². The quantitative estimate of drug-likeness (QED) is 0.186. The van der Waals surface area contributed by atoms with E-state index in [1.54, 1.807) is 0 Å². The van der Waals surface area contributed by atoms with Crippen LogP contribution in [0.2, 0.25) is 0 Å². The van der Waals surface area contributed by atoms with Crippen molar-refractivity contribution in [2.75, 3.05) is 26.2 Å². The SMILES string of the molecule is CCN(CCCCO)CCCCc1c(O)cccc1-c1c(-c2cc(C)cc(C)c2)[nH]c2ccccc12. The van der Waals surface area contributed by atoms with Crippen molar-refractivity contribution in [3.63, 3.8) is 0 Å². The van der Waals surface area contributed by atoms with Crippen LogP contribution in [0.15, 0.2) is 60.7 Å². The van der Waals surface area contributed by atoms with Gasteiger partial charge in [-0.1, -0.05) is 54.4 Å². The van der Waals surface area contributed by atoms with Crippen molar-refractivity contribution < 1.29 is 10.2 Å². The normalized spacial score (nSPS) is 11.6. The maximum atomic E-state index is 11.0. The van der Waals surface area contributed by atoms with E-state index in [-0.39, 0.29) is 6.61 Å². The molecule has 4 nitrogen and oxygen atoms in total. The third kappa shape index (κ3) is 6.00. The molecule has 0 atom stereocenters. The fraction of sp³-hybridized carbons (Fsp3) is 0.375. The molecule has 1 aromatic heterocycles. The number of unbranched alkanes of at least 4 members (excludes halogenated alkanes) is 2. The molecule has 0 aliphatic heterocycles. The Morgan fingerprint density at radius 2 is 1.56 bits per heavy atom. The Bertz CT molecular complexity index is 1270. The molecule has 0 saturated heterocycles. The molecule has 1 heterocycles. The number of benzene rings is 3. The molecule has 3 N–H and O–H groups in total. The molecule has 0 aliphatic rings. The van der Waals surface area contributed by atoms with E-state index in [9.17, 15) is 5.11 Å². The molecule has 4 heteroatoms. The molecule has 0 spiro atoms. The lowest BCUT2D eigenvalue weighted by Gasteiger charge is -2.20. The largest absolute Gasteiger partial charge is 0.508 e. The topological polar surface area (TPSA) is 59.5 Å². The molecule has 190 valence electrons. The number of hydrogen-bond donors (Lipinski definition) is 3. The Kier molecular flexibility index (Phi) is 8.84. The van der Waals surface area contributed by atoms with E-state index in [0.717, 1.165) is 74.1 Å². The number of aryl methyl sites for hydroxylation is 2. The van der Waals surface area contributed by atoms with Crippen LogP contribution >= 0.6 is 0 Å². The highest BCUT2D eigenvalue weighted by atomic mass is 16.3. The number of nitrogens with one attached hydrogen (secondary N) is 1. The summed E-state index contributed by atoms with van der Waals surface area (Å²) in [6.45, 7) is 9.86. The fourth-order valence-electron chi connectivity index (χ4n) is 5.34. The average Bonchev–Trinajstić information content (AvgIpc) is 3.25. The molecule has 4 aromatic rings. The van der Waals surface area contributed by atoms with Gasteiger partial charge in [-0.15, -0.1) is 0 Å². The van der Waals surface area contributed by atoms with Crippen LogP contribution in [0, 0.1) is 13.8 Å². The first kappa shape index (κ1) is 26.0. The second-order valence-electron chi connectivity index (χ2n) is 9.92. The first-order valence-corrected chi connectivity index (χ1v) is 13.4. The summed E-state index contributed by atoms with van der Waals surface area (Å²) in [7, 11) is 0. The van der Waals surface area contributed by atoms with Gasteiger partial charge >= 0.3 is 0 Å². The van der Waals surface area contributed by atoms with Gasteiger partial charge in [0.05, 0.1) is 5.69 Å². The number of phenolic OH excluding ortho intramolecular Hbond substituents is 1. The molecule has 0 bridgehead atoms. The Morgan fingerprint density at radius 1 is 0.833 bits per heavy atom. The molecule has 0 amide bonds. The number of nitrogens with zero attached hydrogens (tertiary/aromatic N) is 1. The van der Waals surface area contributed by atoms with Crippen molar-refractivity contribution in [2.24, 2.45) is 0 Å². The zero-order valence-electron chi connectivity index (χ0n) is 22.0. The molecule has 36 heavy (non-hydrogen) atoms. The first-order valence-electron chi connectivity index (χ1n) is 13.4. The molecular weight excluding hydrogens is 444 g/mol. The van der Waals surface area contributed by atoms with Crippen LogP contribution in [0.1, 0.15) is 49.3 Å². The van der Waals surface area contributed by atoms with Gasteiger partial charge in [0.1, 0.15) is 5.75 Å². The Hall–Kier alpha value is -3.08. The van der Waals surface area contributed by atoms with Crippen LogP contribution in [0.4, 0.5) is 0 Å². The van der Waals surface area contributed by atoms with Crippen molar-refractivity contribution in [3.8, 4) is 28.1 Å². The summed E-state index contributed by atoms with van der Waals surface area (Å²) in [6.07, 6.45) is 4.84. The van der Waals surface area contributed by atoms with Crippen LogP contribution in [-0.2, 0) is 6.42 Å². The lowest BCUT2D eigenvalue weighted by Crippen LogP contribution is -2.26. The third-order valence-corrected chi connectivity index (χ3v) is 7.12. The van der Waals surface area contributed by atoms with Crippen LogP contribution < -0.4 is 0 Å². The number of fused-ring (bicyclic) bond motifs is 1. The van der Waals surface area contributed by atoms with Gasteiger partial charge in [0, 0.05) is 28.6 Å². The van der Waals surface area contributed by atoms with Gasteiger partial charge in [-0.2, -0.15) is 0 Å². The van der Waals surface area contributed by atoms with Crippen LogP contribution in [0.3, 0.4) is 0 Å². The average molecular weight is 485 g/mol. The summed E-state index contributed by atoms with van der Waals surface area (Å²) < 4.78 is 0. The molecule has 0 fully saturated rings. The lowest BCUT2D eigenvalue weighted by atomic mass is 9.91. The first-order chi connectivity index (χ1) is 17.5. The lowest BCUT2D eigenvalue weighted by molar-refractivity contribution is 0.245. The van der Waals surface area contributed by atoms with Crippen molar-refractivity contribution >= 4 is 10.9 Å². The van der Waals surface area contributed by atoms with Gasteiger partial charge < -0.3 is 20.1 Å². The van der Waals surface area contributed by atoms with Gasteiger partial charge in [0.25, 0.3) is 0 Å². The minimum Gasteiger partial charge on any atom is -0.508 e. The predicted molar refractivity (Wildman–Crippen MR) is 152 cm³/mol. The van der Waals surface area contributed by atoms with Gasteiger partial charge in [0.15, 0.2) is 0 Å². The third-order valence-electron chi connectivity index (χ3n) is 7.12. The van der Waals surface area contributed by atoms with Crippen LogP contribution in [0.5, 0.6) is 5.75 Å². The monoisotopic (exact) mass is 484 g/mol. The number of H-pyrrole nitrogens is 1. The summed E-state index contributed by atoms with van der Waals surface area (Å²) in [5.41, 5.74) is 9.17. The number of aromatic hydroxyl groups is 1.